The van der Waals surface area contributed by atoms with E-state index in [2.05, 4.69) is 31.4 Å². The molecule has 1 aromatic carbocycles. The summed E-state index contributed by atoms with van der Waals surface area (Å²) in [6.45, 7) is 8.31. The average Bonchev–Trinajstić information content (AvgIpc) is 2.15. The lowest BCUT2D eigenvalue weighted by molar-refractivity contribution is -0.116. The Hall–Kier alpha value is -1.35. The highest BCUT2D eigenvalue weighted by Gasteiger charge is 2.16. The second-order valence-electron chi connectivity index (χ2n) is 5.41. The van der Waals surface area contributed by atoms with E-state index in [1.54, 1.807) is 0 Å². The minimum Gasteiger partial charge on any atom is -0.326 e. The van der Waals surface area contributed by atoms with Crippen molar-refractivity contribution in [1.29, 1.82) is 0 Å². The number of hydrogen-bond acceptors (Lipinski definition) is 2. The fraction of sp³-hybridized carbons (Fsp3) is 0.500. The Morgan fingerprint density at radius 2 is 1.82 bits per heavy atom. The molecule has 0 aromatic heterocycles. The number of rotatable bonds is 4. The van der Waals surface area contributed by atoms with Crippen LogP contribution < -0.4 is 10.6 Å². The second-order valence-corrected chi connectivity index (χ2v) is 5.41. The molecule has 0 bridgehead atoms. The van der Waals surface area contributed by atoms with Gasteiger partial charge in [-0.2, -0.15) is 0 Å². The van der Waals surface area contributed by atoms with Crippen LogP contribution in [0.25, 0.3) is 0 Å². The average molecular weight is 234 g/mol. The first kappa shape index (κ1) is 13.7. The van der Waals surface area contributed by atoms with E-state index < -0.39 is 0 Å². The maximum absolute atomic E-state index is 11.8. The molecule has 1 atom stereocenters. The summed E-state index contributed by atoms with van der Waals surface area (Å²) in [6.07, 6.45) is 0.478. The summed E-state index contributed by atoms with van der Waals surface area (Å²) in [7, 11) is 0. The monoisotopic (exact) mass is 234 g/mol. The molecule has 0 saturated heterocycles. The van der Waals surface area contributed by atoms with Gasteiger partial charge in [0.1, 0.15) is 0 Å². The van der Waals surface area contributed by atoms with Crippen molar-refractivity contribution >= 4 is 11.6 Å². The number of carbonyl (C=O) groups is 1. The predicted octanol–water partition coefficient (Wildman–Crippen LogP) is 2.79. The van der Waals surface area contributed by atoms with Gasteiger partial charge in [-0.15, -0.1) is 0 Å². The van der Waals surface area contributed by atoms with Crippen molar-refractivity contribution in [3.05, 3.63) is 30.3 Å². The fourth-order valence-corrected chi connectivity index (χ4v) is 1.80. The number of nitrogens with one attached hydrogen (secondary N) is 2. The molecule has 1 rings (SSSR count). The Kier molecular flexibility index (Phi) is 4.70. The normalized spacial score (nSPS) is 13.2. The topological polar surface area (TPSA) is 41.1 Å². The molecule has 0 spiro atoms. The quantitative estimate of drug-likeness (QED) is 0.841. The largest absolute Gasteiger partial charge is 0.326 e. The first-order valence-corrected chi connectivity index (χ1v) is 5.99. The van der Waals surface area contributed by atoms with Crippen molar-refractivity contribution in [1.82, 2.24) is 5.32 Å². The van der Waals surface area contributed by atoms with Gasteiger partial charge in [-0.25, -0.2) is 0 Å². The van der Waals surface area contributed by atoms with Crippen LogP contribution in [0.4, 0.5) is 5.69 Å². The smallest absolute Gasteiger partial charge is 0.225 e. The van der Waals surface area contributed by atoms with Crippen LogP contribution in [0.1, 0.15) is 34.1 Å². The van der Waals surface area contributed by atoms with Gasteiger partial charge in [-0.3, -0.25) is 4.79 Å². The molecule has 0 aliphatic heterocycles. The van der Waals surface area contributed by atoms with Gasteiger partial charge in [0.15, 0.2) is 0 Å². The number of carbonyl (C=O) groups excluding carboxylic acids is 1. The van der Waals surface area contributed by atoms with Crippen molar-refractivity contribution in [2.45, 2.75) is 45.7 Å². The Morgan fingerprint density at radius 3 is 2.35 bits per heavy atom. The molecule has 1 amide bonds. The van der Waals surface area contributed by atoms with Crippen LogP contribution >= 0.6 is 0 Å². The summed E-state index contributed by atoms with van der Waals surface area (Å²) in [5, 5.41) is 6.25. The van der Waals surface area contributed by atoms with Crippen LogP contribution in [0.2, 0.25) is 0 Å². The van der Waals surface area contributed by atoms with Gasteiger partial charge in [-0.1, -0.05) is 18.2 Å². The SMILES string of the molecule is CC(CC(=O)Nc1ccccc1)NC(C)(C)C. The summed E-state index contributed by atoms with van der Waals surface area (Å²) in [5.74, 6) is 0.0421. The van der Waals surface area contributed by atoms with Crippen molar-refractivity contribution in [2.24, 2.45) is 0 Å². The summed E-state index contributed by atoms with van der Waals surface area (Å²) in [6, 6.07) is 9.69. The second kappa shape index (κ2) is 5.82. The van der Waals surface area contributed by atoms with Gasteiger partial charge in [-0.05, 0) is 39.8 Å². The van der Waals surface area contributed by atoms with Gasteiger partial charge in [0.2, 0.25) is 5.91 Å². The van der Waals surface area contributed by atoms with Crippen molar-refractivity contribution < 1.29 is 4.79 Å². The molecule has 0 radical (unpaired) electrons. The van der Waals surface area contributed by atoms with Crippen LogP contribution in [0.5, 0.6) is 0 Å². The third kappa shape index (κ3) is 6.07. The molecular weight excluding hydrogens is 212 g/mol. The molecule has 1 aromatic rings. The number of amides is 1. The van der Waals surface area contributed by atoms with Crippen LogP contribution in [-0.4, -0.2) is 17.5 Å². The first-order chi connectivity index (χ1) is 7.87. The molecule has 0 aliphatic rings. The number of anilines is 1. The predicted molar refractivity (Wildman–Crippen MR) is 72.0 cm³/mol. The zero-order valence-corrected chi connectivity index (χ0v) is 11.1. The molecule has 0 saturated carbocycles. The Bertz CT molecular complexity index is 354. The van der Waals surface area contributed by atoms with Crippen LogP contribution in [0.15, 0.2) is 30.3 Å². The minimum absolute atomic E-state index is 0.0342. The molecular formula is C14H22N2O. The fourth-order valence-electron chi connectivity index (χ4n) is 1.80. The molecule has 1 unspecified atom stereocenters. The third-order valence-corrected chi connectivity index (χ3v) is 2.23. The summed E-state index contributed by atoms with van der Waals surface area (Å²) in [5.41, 5.74) is 0.882. The van der Waals surface area contributed by atoms with E-state index in [1.807, 2.05) is 37.3 Å². The van der Waals surface area contributed by atoms with E-state index in [0.717, 1.165) is 5.69 Å². The van der Waals surface area contributed by atoms with E-state index in [-0.39, 0.29) is 17.5 Å². The maximum Gasteiger partial charge on any atom is 0.225 e. The Morgan fingerprint density at radius 1 is 1.24 bits per heavy atom. The van der Waals surface area contributed by atoms with Crippen molar-refractivity contribution in [3.63, 3.8) is 0 Å². The zero-order valence-electron chi connectivity index (χ0n) is 11.1. The summed E-state index contributed by atoms with van der Waals surface area (Å²) < 4.78 is 0. The van der Waals surface area contributed by atoms with E-state index in [9.17, 15) is 4.79 Å². The molecule has 3 heteroatoms. The number of benzene rings is 1. The lowest BCUT2D eigenvalue weighted by Crippen LogP contribution is -2.43. The molecule has 0 heterocycles. The van der Waals surface area contributed by atoms with E-state index in [4.69, 9.17) is 0 Å². The van der Waals surface area contributed by atoms with Crippen molar-refractivity contribution in [3.8, 4) is 0 Å². The standard InChI is InChI=1S/C14H22N2O/c1-11(16-14(2,3)4)10-13(17)15-12-8-6-5-7-9-12/h5-9,11,16H,10H2,1-4H3,(H,15,17). The van der Waals surface area contributed by atoms with Gasteiger partial charge >= 0.3 is 0 Å². The summed E-state index contributed by atoms with van der Waals surface area (Å²) >= 11 is 0. The molecule has 3 nitrogen and oxygen atoms in total. The molecule has 0 fully saturated rings. The number of para-hydroxylation sites is 1. The lowest BCUT2D eigenvalue weighted by atomic mass is 10.1. The highest BCUT2D eigenvalue weighted by atomic mass is 16.1. The van der Waals surface area contributed by atoms with Gasteiger partial charge < -0.3 is 10.6 Å². The van der Waals surface area contributed by atoms with E-state index in [0.29, 0.717) is 6.42 Å². The minimum atomic E-state index is 0.0342. The highest BCUT2D eigenvalue weighted by molar-refractivity contribution is 5.90. The van der Waals surface area contributed by atoms with Crippen LogP contribution in [0, 0.1) is 0 Å². The molecule has 94 valence electrons. The third-order valence-electron chi connectivity index (χ3n) is 2.23. The van der Waals surface area contributed by atoms with Crippen LogP contribution in [0.3, 0.4) is 0 Å². The van der Waals surface area contributed by atoms with Crippen LogP contribution in [-0.2, 0) is 4.79 Å². The van der Waals surface area contributed by atoms with E-state index >= 15 is 0 Å². The zero-order chi connectivity index (χ0) is 12.9. The molecule has 0 aliphatic carbocycles. The Labute approximate surface area is 104 Å². The van der Waals surface area contributed by atoms with E-state index in [1.165, 1.54) is 0 Å². The van der Waals surface area contributed by atoms with Crippen molar-refractivity contribution in [2.75, 3.05) is 5.32 Å². The number of hydrogen-bond donors (Lipinski definition) is 2. The van der Waals surface area contributed by atoms with Gasteiger partial charge in [0, 0.05) is 23.7 Å². The summed E-state index contributed by atoms with van der Waals surface area (Å²) in [4.78, 5) is 11.8. The van der Waals surface area contributed by atoms with Gasteiger partial charge in [0.25, 0.3) is 0 Å². The molecule has 17 heavy (non-hydrogen) atoms. The Balaban J connectivity index is 2.40. The highest BCUT2D eigenvalue weighted by Crippen LogP contribution is 2.08. The maximum atomic E-state index is 11.8. The molecule has 2 N–H and O–H groups in total. The lowest BCUT2D eigenvalue weighted by Gasteiger charge is -2.25. The van der Waals surface area contributed by atoms with Gasteiger partial charge in [0.05, 0.1) is 0 Å². The first-order valence-electron chi connectivity index (χ1n) is 5.99.